The van der Waals surface area contributed by atoms with Gasteiger partial charge in [-0.15, -0.1) is 0 Å². The van der Waals surface area contributed by atoms with Crippen LogP contribution in [0.5, 0.6) is 17.2 Å². The molecule has 0 saturated heterocycles. The van der Waals surface area contributed by atoms with Gasteiger partial charge in [0.05, 0.1) is 6.42 Å². The summed E-state index contributed by atoms with van der Waals surface area (Å²) in [5.74, 6) is 0.290. The number of benzene rings is 3. The maximum Gasteiger partial charge on any atom is 0.307 e. The molecule has 6 heteroatoms. The Labute approximate surface area is 160 Å². The zero-order chi connectivity index (χ0) is 19.5. The molecule has 0 fully saturated rings. The molecule has 0 spiro atoms. The zero-order valence-corrected chi connectivity index (χ0v) is 14.9. The van der Waals surface area contributed by atoms with Crippen LogP contribution in [0, 0.1) is 5.82 Å². The Bertz CT molecular complexity index is 1030. The number of carboxylic acids is 1. The normalized spacial score (nSPS) is 12.0. The minimum Gasteiger partial charge on any atom is -0.488 e. The smallest absolute Gasteiger partial charge is 0.307 e. The molecule has 1 aliphatic rings. The third kappa shape index (κ3) is 3.62. The molecule has 1 heterocycles. The molecule has 1 aliphatic heterocycles. The topological polar surface area (TPSA) is 65.0 Å². The van der Waals surface area contributed by atoms with Crippen molar-refractivity contribution in [2.75, 3.05) is 6.79 Å². The molecule has 0 amide bonds. The lowest BCUT2D eigenvalue weighted by atomic mass is 10.0. The Balaban J connectivity index is 1.66. The average Bonchev–Trinajstić information content (AvgIpc) is 3.16. The summed E-state index contributed by atoms with van der Waals surface area (Å²) in [5, 5.41) is 9.06. The van der Waals surface area contributed by atoms with Crippen molar-refractivity contribution in [3.63, 3.8) is 0 Å². The standard InChI is InChI=1S/C22H17FO5/c23-18-7-3-2-6-17(18)15-9-16(22-20(10-15)27-13-28-22)12-26-19-8-4-1-5-14(19)11-21(24)25/h1-10H,11-13H2,(H,24,25). The van der Waals surface area contributed by atoms with Crippen LogP contribution in [0.15, 0.2) is 60.7 Å². The average molecular weight is 380 g/mol. The third-order valence-corrected chi connectivity index (χ3v) is 4.43. The lowest BCUT2D eigenvalue weighted by Gasteiger charge is -2.13. The summed E-state index contributed by atoms with van der Waals surface area (Å²) in [7, 11) is 0. The molecule has 0 saturated carbocycles. The molecule has 0 aliphatic carbocycles. The predicted molar refractivity (Wildman–Crippen MR) is 100 cm³/mol. The second-order valence-electron chi connectivity index (χ2n) is 6.32. The minimum absolute atomic E-state index is 0.0820. The molecule has 0 aromatic heterocycles. The molecule has 0 bridgehead atoms. The van der Waals surface area contributed by atoms with Crippen LogP contribution in [-0.4, -0.2) is 17.9 Å². The third-order valence-electron chi connectivity index (χ3n) is 4.43. The molecule has 0 radical (unpaired) electrons. The van der Waals surface area contributed by atoms with Crippen LogP contribution in [-0.2, 0) is 17.8 Å². The Kier molecular flexibility index (Phi) is 4.85. The molecular formula is C22H17FO5. The van der Waals surface area contributed by atoms with Crippen LogP contribution in [0.1, 0.15) is 11.1 Å². The highest BCUT2D eigenvalue weighted by atomic mass is 19.1. The van der Waals surface area contributed by atoms with Gasteiger partial charge in [-0.25, -0.2) is 4.39 Å². The summed E-state index contributed by atoms with van der Waals surface area (Å²) in [6.45, 7) is 0.212. The fraction of sp³-hybridized carbons (Fsp3) is 0.136. The van der Waals surface area contributed by atoms with E-state index in [2.05, 4.69) is 0 Å². The van der Waals surface area contributed by atoms with E-state index in [1.165, 1.54) is 6.07 Å². The van der Waals surface area contributed by atoms with E-state index in [0.717, 1.165) is 0 Å². The molecule has 0 unspecified atom stereocenters. The largest absolute Gasteiger partial charge is 0.488 e. The first-order valence-electron chi connectivity index (χ1n) is 8.72. The number of ether oxygens (including phenoxy) is 3. The van der Waals surface area contributed by atoms with Crippen molar-refractivity contribution in [2.45, 2.75) is 13.0 Å². The van der Waals surface area contributed by atoms with E-state index in [-0.39, 0.29) is 25.6 Å². The number of hydrogen-bond donors (Lipinski definition) is 1. The van der Waals surface area contributed by atoms with Crippen molar-refractivity contribution in [1.29, 1.82) is 0 Å². The fourth-order valence-corrected chi connectivity index (χ4v) is 3.15. The zero-order valence-electron chi connectivity index (χ0n) is 14.9. The van der Waals surface area contributed by atoms with Crippen molar-refractivity contribution in [2.24, 2.45) is 0 Å². The second-order valence-corrected chi connectivity index (χ2v) is 6.32. The quantitative estimate of drug-likeness (QED) is 0.685. The SMILES string of the molecule is O=C(O)Cc1ccccc1OCc1cc(-c2ccccc2F)cc2c1OCO2. The van der Waals surface area contributed by atoms with Gasteiger partial charge in [0.2, 0.25) is 6.79 Å². The van der Waals surface area contributed by atoms with Gasteiger partial charge in [0.15, 0.2) is 11.5 Å². The van der Waals surface area contributed by atoms with Crippen molar-refractivity contribution < 1.29 is 28.5 Å². The van der Waals surface area contributed by atoms with Crippen LogP contribution in [0.2, 0.25) is 0 Å². The van der Waals surface area contributed by atoms with Crippen molar-refractivity contribution in [3.05, 3.63) is 77.6 Å². The molecule has 28 heavy (non-hydrogen) atoms. The highest BCUT2D eigenvalue weighted by Crippen LogP contribution is 2.40. The minimum atomic E-state index is -0.935. The van der Waals surface area contributed by atoms with Gasteiger partial charge >= 0.3 is 5.97 Å². The fourth-order valence-electron chi connectivity index (χ4n) is 3.15. The summed E-state index contributed by atoms with van der Waals surface area (Å²) in [6.07, 6.45) is -0.136. The maximum absolute atomic E-state index is 14.2. The van der Waals surface area contributed by atoms with Gasteiger partial charge < -0.3 is 19.3 Å². The second kappa shape index (κ2) is 7.60. The number of halogens is 1. The Hall–Kier alpha value is -3.54. The molecule has 0 atom stereocenters. The monoisotopic (exact) mass is 380 g/mol. The summed E-state index contributed by atoms with van der Waals surface area (Å²) in [6, 6.07) is 17.0. The molecule has 4 rings (SSSR count). The maximum atomic E-state index is 14.2. The molecule has 5 nitrogen and oxygen atoms in total. The number of carbonyl (C=O) groups is 1. The van der Waals surface area contributed by atoms with Crippen LogP contribution in [0.25, 0.3) is 11.1 Å². The highest BCUT2D eigenvalue weighted by molar-refractivity contribution is 5.71. The lowest BCUT2D eigenvalue weighted by molar-refractivity contribution is -0.136. The van der Waals surface area contributed by atoms with Crippen LogP contribution in [0.3, 0.4) is 0 Å². The van der Waals surface area contributed by atoms with Gasteiger partial charge in [0, 0.05) is 16.7 Å². The molecule has 3 aromatic rings. The first-order chi connectivity index (χ1) is 13.6. The van der Waals surface area contributed by atoms with E-state index < -0.39 is 5.97 Å². The number of aliphatic carboxylic acids is 1. The number of rotatable bonds is 6. The van der Waals surface area contributed by atoms with Crippen molar-refractivity contribution in [3.8, 4) is 28.4 Å². The Morgan fingerprint density at radius 2 is 1.82 bits per heavy atom. The number of carboxylic acid groups (broad SMARTS) is 1. The molecule has 3 aromatic carbocycles. The van der Waals surface area contributed by atoms with Gasteiger partial charge in [-0.1, -0.05) is 36.4 Å². The van der Waals surface area contributed by atoms with E-state index in [1.54, 1.807) is 54.6 Å². The first kappa shape index (κ1) is 17.9. The first-order valence-corrected chi connectivity index (χ1v) is 8.72. The highest BCUT2D eigenvalue weighted by Gasteiger charge is 2.21. The van der Waals surface area contributed by atoms with Gasteiger partial charge in [0.25, 0.3) is 0 Å². The van der Waals surface area contributed by atoms with E-state index in [4.69, 9.17) is 19.3 Å². The predicted octanol–water partition coefficient (Wildman–Crippen LogP) is 4.43. The van der Waals surface area contributed by atoms with Gasteiger partial charge in [-0.3, -0.25) is 4.79 Å². The Morgan fingerprint density at radius 1 is 1.04 bits per heavy atom. The summed E-state index contributed by atoms with van der Waals surface area (Å²) < 4.78 is 31.1. The Morgan fingerprint density at radius 3 is 2.64 bits per heavy atom. The van der Waals surface area contributed by atoms with E-state index in [0.29, 0.717) is 39.5 Å². The number of para-hydroxylation sites is 1. The lowest BCUT2D eigenvalue weighted by Crippen LogP contribution is -2.04. The number of fused-ring (bicyclic) bond motifs is 1. The van der Waals surface area contributed by atoms with Crippen LogP contribution in [0.4, 0.5) is 4.39 Å². The van der Waals surface area contributed by atoms with Gasteiger partial charge in [0.1, 0.15) is 18.2 Å². The summed E-state index contributed by atoms with van der Waals surface area (Å²) >= 11 is 0. The van der Waals surface area contributed by atoms with Crippen LogP contribution >= 0.6 is 0 Å². The van der Waals surface area contributed by atoms with E-state index >= 15 is 0 Å². The van der Waals surface area contributed by atoms with Gasteiger partial charge in [-0.05, 0) is 29.8 Å². The van der Waals surface area contributed by atoms with Crippen molar-refractivity contribution >= 4 is 5.97 Å². The van der Waals surface area contributed by atoms with E-state index in [9.17, 15) is 9.18 Å². The molecule has 1 N–H and O–H groups in total. The van der Waals surface area contributed by atoms with E-state index in [1.807, 2.05) is 0 Å². The van der Waals surface area contributed by atoms with Gasteiger partial charge in [-0.2, -0.15) is 0 Å². The summed E-state index contributed by atoms with van der Waals surface area (Å²) in [4.78, 5) is 11.1. The molecular weight excluding hydrogens is 363 g/mol. The summed E-state index contributed by atoms with van der Waals surface area (Å²) in [5.41, 5.74) is 2.38. The van der Waals surface area contributed by atoms with Crippen LogP contribution < -0.4 is 14.2 Å². The van der Waals surface area contributed by atoms with Crippen molar-refractivity contribution in [1.82, 2.24) is 0 Å². The number of hydrogen-bond acceptors (Lipinski definition) is 4. The molecule has 142 valence electrons.